The Kier molecular flexibility index (Phi) is 4.06. The lowest BCUT2D eigenvalue weighted by Gasteiger charge is -2.16. The molecule has 4 heteroatoms. The largest absolute Gasteiger partial charge is 0.391 e. The molecule has 1 saturated carbocycles. The van der Waals surface area contributed by atoms with Gasteiger partial charge in [0.25, 0.3) is 5.56 Å². The summed E-state index contributed by atoms with van der Waals surface area (Å²) >= 11 is 0. The van der Waals surface area contributed by atoms with Crippen LogP contribution in [-0.4, -0.2) is 20.8 Å². The lowest BCUT2D eigenvalue weighted by molar-refractivity contribution is 0.123. The number of aliphatic hydroxyl groups is 1. The summed E-state index contributed by atoms with van der Waals surface area (Å²) in [6.45, 7) is 2.30. The molecule has 0 unspecified atom stereocenters. The molecule has 1 fully saturated rings. The highest BCUT2D eigenvalue weighted by molar-refractivity contribution is 5.77. The van der Waals surface area contributed by atoms with Crippen molar-refractivity contribution in [1.82, 2.24) is 9.55 Å². The van der Waals surface area contributed by atoms with E-state index >= 15 is 0 Å². The summed E-state index contributed by atoms with van der Waals surface area (Å²) in [5.74, 6) is 0.617. The summed E-state index contributed by atoms with van der Waals surface area (Å²) in [6, 6.07) is 5.68. The second kappa shape index (κ2) is 5.98. The standard InChI is InChI=1S/C17H22N2O2/c1-12-6-7-16-15(8-12)17(21)19(11-18-16)10-14(20)9-13-4-2-3-5-13/h6-8,11,13-14,20H,2-5,9-10H2,1H3/t14-/m0/s1. The van der Waals surface area contributed by atoms with Crippen molar-refractivity contribution in [3.05, 3.63) is 40.4 Å². The van der Waals surface area contributed by atoms with E-state index in [0.29, 0.717) is 23.4 Å². The first-order valence-corrected chi connectivity index (χ1v) is 7.77. The van der Waals surface area contributed by atoms with Gasteiger partial charge in [-0.1, -0.05) is 37.3 Å². The first-order chi connectivity index (χ1) is 10.1. The Morgan fingerprint density at radius 3 is 2.90 bits per heavy atom. The molecule has 1 heterocycles. The van der Waals surface area contributed by atoms with Gasteiger partial charge in [0.05, 0.1) is 29.9 Å². The van der Waals surface area contributed by atoms with Gasteiger partial charge in [0, 0.05) is 0 Å². The van der Waals surface area contributed by atoms with E-state index in [1.807, 2.05) is 25.1 Å². The Balaban J connectivity index is 1.80. The SMILES string of the molecule is Cc1ccc2ncn(C[C@@H](O)CC3CCCC3)c(=O)c2c1. The molecule has 1 aromatic carbocycles. The summed E-state index contributed by atoms with van der Waals surface area (Å²) in [5.41, 5.74) is 1.70. The molecule has 112 valence electrons. The second-order valence-corrected chi connectivity index (χ2v) is 6.26. The molecule has 1 aromatic heterocycles. The van der Waals surface area contributed by atoms with Gasteiger partial charge in [0.2, 0.25) is 0 Å². The molecule has 0 aliphatic heterocycles. The van der Waals surface area contributed by atoms with Crippen LogP contribution in [0.4, 0.5) is 0 Å². The van der Waals surface area contributed by atoms with Crippen molar-refractivity contribution < 1.29 is 5.11 Å². The third-order valence-electron chi connectivity index (χ3n) is 4.47. The summed E-state index contributed by atoms with van der Waals surface area (Å²) in [5, 5.41) is 10.9. The monoisotopic (exact) mass is 286 g/mol. The van der Waals surface area contributed by atoms with Gasteiger partial charge in [0.15, 0.2) is 0 Å². The normalized spacial score (nSPS) is 17.4. The van der Waals surface area contributed by atoms with Crippen LogP contribution in [0.1, 0.15) is 37.7 Å². The first-order valence-electron chi connectivity index (χ1n) is 7.77. The summed E-state index contributed by atoms with van der Waals surface area (Å²) in [6.07, 6.45) is 6.84. The lowest BCUT2D eigenvalue weighted by Crippen LogP contribution is -2.28. The molecule has 0 bridgehead atoms. The van der Waals surface area contributed by atoms with Crippen molar-refractivity contribution in [2.45, 2.75) is 51.7 Å². The maximum atomic E-state index is 12.5. The van der Waals surface area contributed by atoms with E-state index in [2.05, 4.69) is 4.98 Å². The predicted molar refractivity (Wildman–Crippen MR) is 83.3 cm³/mol. The highest BCUT2D eigenvalue weighted by Crippen LogP contribution is 2.28. The number of fused-ring (bicyclic) bond motifs is 1. The van der Waals surface area contributed by atoms with Gasteiger partial charge < -0.3 is 5.11 Å². The fourth-order valence-corrected chi connectivity index (χ4v) is 3.34. The van der Waals surface area contributed by atoms with Crippen LogP contribution in [-0.2, 0) is 6.54 Å². The molecule has 0 saturated heterocycles. The zero-order valence-corrected chi connectivity index (χ0v) is 12.5. The summed E-state index contributed by atoms with van der Waals surface area (Å²) in [4.78, 5) is 16.8. The van der Waals surface area contributed by atoms with Crippen LogP contribution in [0.25, 0.3) is 10.9 Å². The van der Waals surface area contributed by atoms with Crippen LogP contribution in [0.15, 0.2) is 29.3 Å². The van der Waals surface area contributed by atoms with E-state index in [0.717, 1.165) is 12.0 Å². The van der Waals surface area contributed by atoms with E-state index in [-0.39, 0.29) is 5.56 Å². The Morgan fingerprint density at radius 2 is 2.14 bits per heavy atom. The van der Waals surface area contributed by atoms with E-state index in [4.69, 9.17) is 0 Å². The smallest absolute Gasteiger partial charge is 0.261 e. The van der Waals surface area contributed by atoms with Crippen molar-refractivity contribution in [3.8, 4) is 0 Å². The summed E-state index contributed by atoms with van der Waals surface area (Å²) in [7, 11) is 0. The zero-order valence-electron chi connectivity index (χ0n) is 12.5. The second-order valence-electron chi connectivity index (χ2n) is 6.26. The molecule has 0 spiro atoms. The molecule has 1 N–H and O–H groups in total. The van der Waals surface area contributed by atoms with Crippen molar-refractivity contribution >= 4 is 10.9 Å². The molecule has 21 heavy (non-hydrogen) atoms. The third kappa shape index (κ3) is 3.16. The average molecular weight is 286 g/mol. The number of hydrogen-bond donors (Lipinski definition) is 1. The van der Waals surface area contributed by atoms with Crippen LogP contribution in [0.3, 0.4) is 0 Å². The Bertz CT molecular complexity index is 687. The van der Waals surface area contributed by atoms with E-state index in [1.54, 1.807) is 10.9 Å². The minimum Gasteiger partial charge on any atom is -0.391 e. The minimum atomic E-state index is -0.463. The molecule has 4 nitrogen and oxygen atoms in total. The summed E-state index contributed by atoms with van der Waals surface area (Å²) < 4.78 is 1.54. The molecular weight excluding hydrogens is 264 g/mol. The van der Waals surface area contributed by atoms with Crippen LogP contribution >= 0.6 is 0 Å². The van der Waals surface area contributed by atoms with Gasteiger partial charge >= 0.3 is 0 Å². The molecule has 2 aromatic rings. The molecule has 3 rings (SSSR count). The number of aromatic nitrogens is 2. The molecule has 1 atom stereocenters. The number of benzene rings is 1. The topological polar surface area (TPSA) is 55.1 Å². The number of rotatable bonds is 4. The molecule has 1 aliphatic rings. The van der Waals surface area contributed by atoms with Gasteiger partial charge in [-0.25, -0.2) is 4.98 Å². The van der Waals surface area contributed by atoms with Crippen LogP contribution in [0.5, 0.6) is 0 Å². The highest BCUT2D eigenvalue weighted by atomic mass is 16.3. The lowest BCUT2D eigenvalue weighted by atomic mass is 10.00. The molecule has 1 aliphatic carbocycles. The van der Waals surface area contributed by atoms with E-state index in [1.165, 1.54) is 25.7 Å². The fourth-order valence-electron chi connectivity index (χ4n) is 3.34. The van der Waals surface area contributed by atoms with Crippen LogP contribution in [0, 0.1) is 12.8 Å². The van der Waals surface area contributed by atoms with Crippen molar-refractivity contribution in [2.24, 2.45) is 5.92 Å². The number of nitrogens with zero attached hydrogens (tertiary/aromatic N) is 2. The number of aryl methyl sites for hydroxylation is 1. The number of hydrogen-bond acceptors (Lipinski definition) is 3. The number of aliphatic hydroxyl groups excluding tert-OH is 1. The maximum Gasteiger partial charge on any atom is 0.261 e. The average Bonchev–Trinajstić information content (AvgIpc) is 2.95. The third-order valence-corrected chi connectivity index (χ3v) is 4.47. The van der Waals surface area contributed by atoms with Crippen molar-refractivity contribution in [2.75, 3.05) is 0 Å². The minimum absolute atomic E-state index is 0.0610. The zero-order chi connectivity index (χ0) is 14.8. The Labute approximate surface area is 124 Å². The Hall–Kier alpha value is -1.68. The van der Waals surface area contributed by atoms with Crippen LogP contribution in [0.2, 0.25) is 0 Å². The Morgan fingerprint density at radius 1 is 1.38 bits per heavy atom. The van der Waals surface area contributed by atoms with Gasteiger partial charge in [-0.3, -0.25) is 9.36 Å². The quantitative estimate of drug-likeness (QED) is 0.940. The molecule has 0 radical (unpaired) electrons. The molecular formula is C17H22N2O2. The first kappa shape index (κ1) is 14.3. The van der Waals surface area contributed by atoms with Gasteiger partial charge in [-0.15, -0.1) is 0 Å². The predicted octanol–water partition coefficient (Wildman–Crippen LogP) is 2.65. The van der Waals surface area contributed by atoms with Gasteiger partial charge in [-0.2, -0.15) is 0 Å². The van der Waals surface area contributed by atoms with Gasteiger partial charge in [-0.05, 0) is 31.4 Å². The molecule has 0 amide bonds. The van der Waals surface area contributed by atoms with Gasteiger partial charge in [0.1, 0.15) is 0 Å². The van der Waals surface area contributed by atoms with Crippen molar-refractivity contribution in [1.29, 1.82) is 0 Å². The maximum absolute atomic E-state index is 12.5. The van der Waals surface area contributed by atoms with E-state index < -0.39 is 6.10 Å². The fraction of sp³-hybridized carbons (Fsp3) is 0.529. The van der Waals surface area contributed by atoms with Crippen molar-refractivity contribution in [3.63, 3.8) is 0 Å². The van der Waals surface area contributed by atoms with Crippen LogP contribution < -0.4 is 5.56 Å². The van der Waals surface area contributed by atoms with E-state index in [9.17, 15) is 9.90 Å². The highest BCUT2D eigenvalue weighted by Gasteiger charge is 2.19.